The summed E-state index contributed by atoms with van der Waals surface area (Å²) in [5.41, 5.74) is -0.121. The Hall–Kier alpha value is -1.36. The summed E-state index contributed by atoms with van der Waals surface area (Å²) in [4.78, 5) is 11.8. The average molecular weight is 428 g/mol. The number of halogens is 4. The van der Waals surface area contributed by atoms with E-state index in [-0.39, 0.29) is 28.9 Å². The van der Waals surface area contributed by atoms with Gasteiger partial charge >= 0.3 is 6.18 Å². The normalized spacial score (nSPS) is 23.4. The SMILES string of the molecule is Cl.O=C(NCC(F)(F)F)c1cccc(S(=O)(=O)N2CCC3CCC(C2)N3)c1. The van der Waals surface area contributed by atoms with E-state index in [1.807, 2.05) is 0 Å². The molecule has 2 atom stereocenters. The fraction of sp³-hybridized carbons (Fsp3) is 0.562. The number of nitrogens with zero attached hydrogens (tertiary/aromatic N) is 1. The molecule has 0 radical (unpaired) electrons. The number of nitrogens with one attached hydrogen (secondary N) is 2. The van der Waals surface area contributed by atoms with Gasteiger partial charge in [-0.1, -0.05) is 6.07 Å². The van der Waals surface area contributed by atoms with Crippen molar-refractivity contribution in [3.05, 3.63) is 29.8 Å². The lowest BCUT2D eigenvalue weighted by atomic mass is 10.1. The van der Waals surface area contributed by atoms with Crippen LogP contribution in [0.5, 0.6) is 0 Å². The lowest BCUT2D eigenvalue weighted by molar-refractivity contribution is -0.123. The van der Waals surface area contributed by atoms with Crippen LogP contribution >= 0.6 is 12.4 Å². The number of carbonyl (C=O) groups excluding carboxylic acids is 1. The highest BCUT2D eigenvalue weighted by Gasteiger charge is 2.35. The van der Waals surface area contributed by atoms with Gasteiger partial charge in [-0.15, -0.1) is 12.4 Å². The lowest BCUT2D eigenvalue weighted by Crippen LogP contribution is -2.39. The molecule has 2 saturated heterocycles. The third-order valence-electron chi connectivity index (χ3n) is 4.67. The van der Waals surface area contributed by atoms with Crippen LogP contribution in [-0.4, -0.2) is 56.5 Å². The third-order valence-corrected chi connectivity index (χ3v) is 6.53. The molecule has 0 spiro atoms. The Kier molecular flexibility index (Phi) is 6.77. The van der Waals surface area contributed by atoms with Crippen LogP contribution in [0.25, 0.3) is 0 Å². The van der Waals surface area contributed by atoms with Gasteiger partial charge in [0, 0.05) is 30.7 Å². The quantitative estimate of drug-likeness (QED) is 0.769. The molecule has 1 aromatic carbocycles. The fourth-order valence-corrected chi connectivity index (χ4v) is 4.91. The second-order valence-electron chi connectivity index (χ2n) is 6.62. The van der Waals surface area contributed by atoms with Crippen molar-refractivity contribution in [1.82, 2.24) is 14.9 Å². The van der Waals surface area contributed by atoms with Crippen molar-refractivity contribution in [3.63, 3.8) is 0 Å². The van der Waals surface area contributed by atoms with Gasteiger partial charge < -0.3 is 10.6 Å². The maximum Gasteiger partial charge on any atom is 0.405 e. The number of alkyl halides is 3. The van der Waals surface area contributed by atoms with Crippen LogP contribution < -0.4 is 10.6 Å². The maximum absolute atomic E-state index is 12.9. The molecule has 11 heteroatoms. The molecule has 2 aliphatic rings. The minimum Gasteiger partial charge on any atom is -0.343 e. The zero-order valence-electron chi connectivity index (χ0n) is 14.3. The van der Waals surface area contributed by atoms with Crippen molar-refractivity contribution >= 4 is 28.3 Å². The van der Waals surface area contributed by atoms with Crippen LogP contribution in [0.3, 0.4) is 0 Å². The van der Waals surface area contributed by atoms with Crippen LogP contribution in [-0.2, 0) is 10.0 Å². The van der Waals surface area contributed by atoms with Gasteiger partial charge in [-0.3, -0.25) is 4.79 Å². The van der Waals surface area contributed by atoms with E-state index in [9.17, 15) is 26.4 Å². The van der Waals surface area contributed by atoms with Crippen LogP contribution in [0.1, 0.15) is 29.6 Å². The van der Waals surface area contributed by atoms with E-state index in [1.165, 1.54) is 22.5 Å². The number of hydrogen-bond donors (Lipinski definition) is 2. The molecule has 1 amide bonds. The van der Waals surface area contributed by atoms with Gasteiger partial charge in [0.05, 0.1) is 4.90 Å². The molecule has 152 valence electrons. The number of benzene rings is 1. The van der Waals surface area contributed by atoms with Gasteiger partial charge in [0.15, 0.2) is 0 Å². The summed E-state index contributed by atoms with van der Waals surface area (Å²) < 4.78 is 63.9. The Balaban J connectivity index is 0.00000261. The fourth-order valence-electron chi connectivity index (χ4n) is 3.36. The molecule has 0 aliphatic carbocycles. The van der Waals surface area contributed by atoms with Crippen LogP contribution in [0.4, 0.5) is 13.2 Å². The molecule has 2 heterocycles. The molecule has 2 bridgehead atoms. The summed E-state index contributed by atoms with van der Waals surface area (Å²) in [6.07, 6.45) is -1.87. The second kappa shape index (κ2) is 8.34. The topological polar surface area (TPSA) is 78.5 Å². The van der Waals surface area contributed by atoms with Crippen molar-refractivity contribution in [2.75, 3.05) is 19.6 Å². The Morgan fingerprint density at radius 2 is 1.93 bits per heavy atom. The number of amides is 1. The highest BCUT2D eigenvalue weighted by atomic mass is 35.5. The van der Waals surface area contributed by atoms with Crippen molar-refractivity contribution in [3.8, 4) is 0 Å². The van der Waals surface area contributed by atoms with Crippen molar-refractivity contribution in [2.24, 2.45) is 0 Å². The molecule has 3 rings (SSSR count). The molecule has 2 aliphatic heterocycles. The van der Waals surface area contributed by atoms with Crippen LogP contribution in [0.2, 0.25) is 0 Å². The zero-order valence-corrected chi connectivity index (χ0v) is 16.0. The smallest absolute Gasteiger partial charge is 0.343 e. The highest BCUT2D eigenvalue weighted by Crippen LogP contribution is 2.25. The van der Waals surface area contributed by atoms with E-state index in [1.54, 1.807) is 5.32 Å². The minimum absolute atomic E-state index is 0. The Labute approximate surface area is 162 Å². The van der Waals surface area contributed by atoms with Gasteiger partial charge in [0.25, 0.3) is 5.91 Å². The van der Waals surface area contributed by atoms with E-state index < -0.39 is 28.7 Å². The Morgan fingerprint density at radius 1 is 1.22 bits per heavy atom. The van der Waals surface area contributed by atoms with Gasteiger partial charge in [-0.25, -0.2) is 8.42 Å². The number of carbonyl (C=O) groups is 1. The van der Waals surface area contributed by atoms with Crippen molar-refractivity contribution in [1.29, 1.82) is 0 Å². The largest absolute Gasteiger partial charge is 0.405 e. The number of hydrogen-bond acceptors (Lipinski definition) is 4. The van der Waals surface area contributed by atoms with Gasteiger partial charge in [-0.2, -0.15) is 17.5 Å². The number of rotatable bonds is 4. The van der Waals surface area contributed by atoms with Crippen LogP contribution in [0.15, 0.2) is 29.2 Å². The second-order valence-corrected chi connectivity index (χ2v) is 8.55. The van der Waals surface area contributed by atoms with E-state index >= 15 is 0 Å². The molecule has 2 fully saturated rings. The number of fused-ring (bicyclic) bond motifs is 2. The summed E-state index contributed by atoms with van der Waals surface area (Å²) >= 11 is 0. The predicted molar refractivity (Wildman–Crippen MR) is 95.4 cm³/mol. The van der Waals surface area contributed by atoms with Crippen LogP contribution in [0, 0.1) is 0 Å². The first-order valence-electron chi connectivity index (χ1n) is 8.36. The zero-order chi connectivity index (χ0) is 18.9. The van der Waals surface area contributed by atoms with Gasteiger partial charge in [0.2, 0.25) is 10.0 Å². The highest BCUT2D eigenvalue weighted by molar-refractivity contribution is 7.89. The van der Waals surface area contributed by atoms with Gasteiger partial charge in [-0.05, 0) is 37.5 Å². The third kappa shape index (κ3) is 5.34. The molecule has 1 aromatic rings. The summed E-state index contributed by atoms with van der Waals surface area (Å²) in [7, 11) is -3.82. The van der Waals surface area contributed by atoms with E-state index in [4.69, 9.17) is 0 Å². The molecule has 27 heavy (non-hydrogen) atoms. The Bertz CT molecular complexity index is 789. The van der Waals surface area contributed by atoms with Crippen molar-refractivity contribution < 1.29 is 26.4 Å². The summed E-state index contributed by atoms with van der Waals surface area (Å²) in [6, 6.07) is 5.55. The summed E-state index contributed by atoms with van der Waals surface area (Å²) in [5, 5.41) is 5.14. The minimum atomic E-state index is -4.53. The molecule has 0 aromatic heterocycles. The summed E-state index contributed by atoms with van der Waals surface area (Å²) in [6.45, 7) is -0.742. The van der Waals surface area contributed by atoms with Gasteiger partial charge in [0.1, 0.15) is 6.54 Å². The molecular weight excluding hydrogens is 407 g/mol. The standard InChI is InChI=1S/C16H20F3N3O3S.ClH/c17-16(18,19)10-20-15(23)11-2-1-3-14(8-11)26(24,25)22-7-6-12-4-5-13(9-22)21-12;/h1-3,8,12-13,21H,4-7,9-10H2,(H,20,23);1H. The maximum atomic E-state index is 12.9. The number of sulfonamides is 1. The first kappa shape index (κ1) is 21.9. The molecule has 6 nitrogen and oxygen atoms in total. The van der Waals surface area contributed by atoms with E-state index in [0.717, 1.165) is 18.9 Å². The lowest BCUT2D eigenvalue weighted by Gasteiger charge is -2.23. The first-order chi connectivity index (χ1) is 12.1. The van der Waals surface area contributed by atoms with Crippen molar-refractivity contribution in [2.45, 2.75) is 42.4 Å². The molecular formula is C16H21ClF3N3O3S. The molecule has 2 N–H and O–H groups in total. The predicted octanol–water partition coefficient (Wildman–Crippen LogP) is 1.92. The first-order valence-corrected chi connectivity index (χ1v) is 9.80. The molecule has 2 unspecified atom stereocenters. The molecule has 0 saturated carbocycles. The monoisotopic (exact) mass is 427 g/mol. The van der Waals surface area contributed by atoms with E-state index in [0.29, 0.717) is 25.6 Å². The Morgan fingerprint density at radius 3 is 2.63 bits per heavy atom. The average Bonchev–Trinajstić information content (AvgIpc) is 2.90. The van der Waals surface area contributed by atoms with E-state index in [2.05, 4.69) is 5.32 Å². The summed E-state index contributed by atoms with van der Waals surface area (Å²) in [5.74, 6) is -0.962.